The van der Waals surface area contributed by atoms with Crippen LogP contribution in [0.5, 0.6) is 5.75 Å². The molecular formula is C17H7F7O5S. The van der Waals surface area contributed by atoms with Gasteiger partial charge in [0.05, 0.1) is 11.1 Å². The van der Waals surface area contributed by atoms with E-state index in [0.717, 1.165) is 12.1 Å². The largest absolute Gasteiger partial charge is 0.423 e. The highest BCUT2D eigenvalue weighted by Crippen LogP contribution is 2.36. The Balaban J connectivity index is 2.05. The highest BCUT2D eigenvalue weighted by molar-refractivity contribution is 7.87. The number of benzene rings is 2. The van der Waals surface area contributed by atoms with Gasteiger partial charge in [0.25, 0.3) is 0 Å². The summed E-state index contributed by atoms with van der Waals surface area (Å²) in [6.07, 6.45) is -10.1. The summed E-state index contributed by atoms with van der Waals surface area (Å²) in [5, 5.41) is -0.576. The number of alkyl halides is 6. The van der Waals surface area contributed by atoms with Gasteiger partial charge in [-0.25, -0.2) is 9.18 Å². The van der Waals surface area contributed by atoms with Gasteiger partial charge >= 0.3 is 28.1 Å². The second kappa shape index (κ2) is 7.00. The van der Waals surface area contributed by atoms with Crippen molar-refractivity contribution in [2.45, 2.75) is 17.2 Å². The fourth-order valence-electron chi connectivity index (χ4n) is 2.48. The standard InChI is InChI=1S/C17H7F7O5S/c18-13-4-2-9(6-12(13)17(22,23)24)30(26,27)29-8-1-3-10-11(16(19,20)21)7-15(25)28-14(10)5-8/h1-7H. The summed E-state index contributed by atoms with van der Waals surface area (Å²) in [7, 11) is -4.94. The van der Waals surface area contributed by atoms with Crippen LogP contribution < -0.4 is 9.81 Å². The quantitative estimate of drug-likeness (QED) is 0.324. The van der Waals surface area contributed by atoms with Crippen LogP contribution in [0.2, 0.25) is 0 Å². The molecule has 0 aliphatic rings. The van der Waals surface area contributed by atoms with Crippen molar-refractivity contribution in [2.24, 2.45) is 0 Å². The first-order valence-electron chi connectivity index (χ1n) is 7.65. The summed E-state index contributed by atoms with van der Waals surface area (Å²) >= 11 is 0. The molecule has 13 heteroatoms. The second-order valence-electron chi connectivity index (χ2n) is 5.81. The minimum atomic E-state index is -5.18. The molecule has 0 aliphatic heterocycles. The SMILES string of the molecule is O=c1cc(C(F)(F)F)c2ccc(OS(=O)(=O)c3ccc(F)c(C(F)(F)F)c3)cc2o1. The Bertz CT molecular complexity index is 1290. The molecule has 30 heavy (non-hydrogen) atoms. The molecule has 2 aromatic carbocycles. The average molecular weight is 456 g/mol. The average Bonchev–Trinajstić information content (AvgIpc) is 2.58. The van der Waals surface area contributed by atoms with Crippen molar-refractivity contribution in [3.8, 4) is 5.75 Å². The van der Waals surface area contributed by atoms with E-state index in [1.54, 1.807) is 0 Å². The molecule has 1 heterocycles. The molecule has 1 aromatic heterocycles. The van der Waals surface area contributed by atoms with Gasteiger partial charge in [0, 0.05) is 17.5 Å². The van der Waals surface area contributed by atoms with Crippen LogP contribution in [0, 0.1) is 5.82 Å². The zero-order chi connectivity index (χ0) is 22.5. The summed E-state index contributed by atoms with van der Waals surface area (Å²) < 4.78 is 124. The molecule has 0 N–H and O–H groups in total. The van der Waals surface area contributed by atoms with Crippen molar-refractivity contribution in [2.75, 3.05) is 0 Å². The Kier molecular flexibility index (Phi) is 5.05. The Morgan fingerprint density at radius 1 is 0.833 bits per heavy atom. The molecule has 0 radical (unpaired) electrons. The van der Waals surface area contributed by atoms with Crippen LogP contribution in [0.25, 0.3) is 11.0 Å². The van der Waals surface area contributed by atoms with Crippen LogP contribution >= 0.6 is 0 Å². The van der Waals surface area contributed by atoms with E-state index in [1.807, 2.05) is 0 Å². The highest BCUT2D eigenvalue weighted by Gasteiger charge is 2.36. The smallest absolute Gasteiger partial charge is 0.419 e. The van der Waals surface area contributed by atoms with Gasteiger partial charge in [-0.2, -0.15) is 34.8 Å². The number of hydrogen-bond donors (Lipinski definition) is 0. The molecule has 0 bridgehead atoms. The number of fused-ring (bicyclic) bond motifs is 1. The highest BCUT2D eigenvalue weighted by atomic mass is 32.2. The Hall–Kier alpha value is -3.09. The van der Waals surface area contributed by atoms with Crippen LogP contribution in [0.3, 0.4) is 0 Å². The van der Waals surface area contributed by atoms with Crippen molar-refractivity contribution in [3.63, 3.8) is 0 Å². The third kappa shape index (κ3) is 4.25. The van der Waals surface area contributed by atoms with Gasteiger partial charge in [0.15, 0.2) is 0 Å². The molecule has 0 fully saturated rings. The second-order valence-corrected chi connectivity index (χ2v) is 7.36. The minimum absolute atomic E-state index is 0.00753. The van der Waals surface area contributed by atoms with Crippen LogP contribution in [-0.2, 0) is 22.5 Å². The Labute approximate surface area is 162 Å². The van der Waals surface area contributed by atoms with Crippen LogP contribution in [0.1, 0.15) is 11.1 Å². The van der Waals surface area contributed by atoms with Crippen molar-refractivity contribution in [1.82, 2.24) is 0 Å². The lowest BCUT2D eigenvalue weighted by Gasteiger charge is -2.12. The van der Waals surface area contributed by atoms with E-state index in [1.165, 1.54) is 0 Å². The molecule has 0 amide bonds. The van der Waals surface area contributed by atoms with Crippen LogP contribution in [0.15, 0.2) is 56.6 Å². The fraction of sp³-hybridized carbons (Fsp3) is 0.118. The van der Waals surface area contributed by atoms with E-state index >= 15 is 0 Å². The predicted molar refractivity (Wildman–Crippen MR) is 86.7 cm³/mol. The zero-order valence-electron chi connectivity index (χ0n) is 14.1. The molecule has 0 unspecified atom stereocenters. The van der Waals surface area contributed by atoms with E-state index in [2.05, 4.69) is 8.60 Å². The molecule has 0 atom stereocenters. The summed E-state index contributed by atoms with van der Waals surface area (Å²) in [5.74, 6) is -2.36. The Morgan fingerprint density at radius 2 is 1.47 bits per heavy atom. The molecule has 160 valence electrons. The Morgan fingerprint density at radius 3 is 2.07 bits per heavy atom. The monoisotopic (exact) mass is 456 g/mol. The molecule has 3 rings (SSSR count). The van der Waals surface area contributed by atoms with Crippen LogP contribution in [-0.4, -0.2) is 8.42 Å². The first kappa shape index (κ1) is 21.6. The van der Waals surface area contributed by atoms with E-state index < -0.39 is 66.7 Å². The molecule has 0 spiro atoms. The third-order valence-corrected chi connectivity index (χ3v) is 5.00. The van der Waals surface area contributed by atoms with E-state index in [-0.39, 0.29) is 18.2 Å². The predicted octanol–water partition coefficient (Wildman–Crippen LogP) is 4.74. The number of rotatable bonds is 3. The van der Waals surface area contributed by atoms with Gasteiger partial charge in [-0.1, -0.05) is 0 Å². The molecule has 0 saturated heterocycles. The van der Waals surface area contributed by atoms with Crippen molar-refractivity contribution in [3.05, 3.63) is 69.8 Å². The molecular weight excluding hydrogens is 449 g/mol. The van der Waals surface area contributed by atoms with Crippen LogP contribution in [0.4, 0.5) is 30.7 Å². The summed E-state index contributed by atoms with van der Waals surface area (Å²) in [6.45, 7) is 0. The topological polar surface area (TPSA) is 73.6 Å². The fourth-order valence-corrected chi connectivity index (χ4v) is 3.43. The number of halogens is 7. The first-order chi connectivity index (χ1) is 13.7. The molecule has 0 aliphatic carbocycles. The summed E-state index contributed by atoms with van der Waals surface area (Å²) in [4.78, 5) is 10.3. The molecule has 0 saturated carbocycles. The molecule has 5 nitrogen and oxygen atoms in total. The summed E-state index contributed by atoms with van der Waals surface area (Å²) in [5.41, 5.74) is -5.23. The van der Waals surface area contributed by atoms with Gasteiger partial charge < -0.3 is 8.60 Å². The lowest BCUT2D eigenvalue weighted by molar-refractivity contribution is -0.140. The van der Waals surface area contributed by atoms with Gasteiger partial charge in [-0.3, -0.25) is 0 Å². The maximum Gasteiger partial charge on any atom is 0.419 e. The van der Waals surface area contributed by atoms with Crippen molar-refractivity contribution < 1.29 is 47.8 Å². The van der Waals surface area contributed by atoms with E-state index in [4.69, 9.17) is 0 Å². The lowest BCUT2D eigenvalue weighted by atomic mass is 10.1. The van der Waals surface area contributed by atoms with Gasteiger partial charge in [-0.15, -0.1) is 0 Å². The van der Waals surface area contributed by atoms with Gasteiger partial charge in [0.2, 0.25) is 0 Å². The number of hydrogen-bond acceptors (Lipinski definition) is 5. The maximum absolute atomic E-state index is 13.3. The van der Waals surface area contributed by atoms with E-state index in [9.17, 15) is 43.9 Å². The normalized spacial score (nSPS) is 12.9. The lowest BCUT2D eigenvalue weighted by Crippen LogP contribution is -2.14. The first-order valence-corrected chi connectivity index (χ1v) is 9.06. The van der Waals surface area contributed by atoms with Gasteiger partial charge in [0.1, 0.15) is 22.0 Å². The summed E-state index contributed by atoms with van der Waals surface area (Å²) in [6, 6.07) is 3.19. The van der Waals surface area contributed by atoms with Crippen molar-refractivity contribution in [1.29, 1.82) is 0 Å². The molecule has 3 aromatic rings. The minimum Gasteiger partial charge on any atom is -0.423 e. The van der Waals surface area contributed by atoms with E-state index in [0.29, 0.717) is 12.1 Å². The van der Waals surface area contributed by atoms with Gasteiger partial charge in [-0.05, 0) is 30.3 Å². The third-order valence-electron chi connectivity index (χ3n) is 3.76. The maximum atomic E-state index is 13.3. The zero-order valence-corrected chi connectivity index (χ0v) is 15.0. The van der Waals surface area contributed by atoms with Crippen molar-refractivity contribution >= 4 is 21.1 Å².